The molecular formula is C29H31FN2O6. The Hall–Kier alpha value is -4.24. The highest BCUT2D eigenvalue weighted by Crippen LogP contribution is 2.20. The smallest absolute Gasteiger partial charge is 0.408 e. The van der Waals surface area contributed by atoms with Crippen LogP contribution >= 0.6 is 0 Å². The number of rotatable bonds is 12. The molecule has 0 saturated carbocycles. The summed E-state index contributed by atoms with van der Waals surface area (Å²) < 4.78 is 30.2. The second kappa shape index (κ2) is 14.5. The molecule has 0 unspecified atom stereocenters. The molecule has 8 nitrogen and oxygen atoms in total. The van der Waals surface area contributed by atoms with Crippen molar-refractivity contribution in [2.75, 3.05) is 13.2 Å². The van der Waals surface area contributed by atoms with Crippen LogP contribution in [0.1, 0.15) is 47.0 Å². The zero-order chi connectivity index (χ0) is 27.3. The van der Waals surface area contributed by atoms with Crippen LogP contribution in [0.5, 0.6) is 0 Å². The van der Waals surface area contributed by atoms with Gasteiger partial charge in [0.1, 0.15) is 25.1 Å². The van der Waals surface area contributed by atoms with Crippen LogP contribution in [0.3, 0.4) is 0 Å². The molecule has 2 amide bonds. The molecule has 3 rings (SSSR count). The van der Waals surface area contributed by atoms with Gasteiger partial charge in [-0.05, 0) is 48.7 Å². The highest BCUT2D eigenvalue weighted by molar-refractivity contribution is 5.95. The zero-order valence-electron chi connectivity index (χ0n) is 21.3. The summed E-state index contributed by atoms with van der Waals surface area (Å²) in [4.78, 5) is 38.1. The van der Waals surface area contributed by atoms with Crippen LogP contribution in [0.2, 0.25) is 0 Å². The van der Waals surface area contributed by atoms with Crippen molar-refractivity contribution in [2.45, 2.75) is 39.2 Å². The SMILES string of the molecule is CCO[C@H](C)c1cc(F)cc(C(=O)NC[C@@H](NC(=O)OCc2ccccc2)C(=O)OCc2ccccc2)c1. The highest BCUT2D eigenvalue weighted by Gasteiger charge is 2.25. The van der Waals surface area contributed by atoms with E-state index >= 15 is 0 Å². The van der Waals surface area contributed by atoms with E-state index in [0.717, 1.165) is 17.2 Å². The number of hydrogen-bond donors (Lipinski definition) is 2. The van der Waals surface area contributed by atoms with Gasteiger partial charge in [-0.15, -0.1) is 0 Å². The lowest BCUT2D eigenvalue weighted by atomic mass is 10.1. The first-order valence-electron chi connectivity index (χ1n) is 12.2. The van der Waals surface area contributed by atoms with Gasteiger partial charge < -0.3 is 24.8 Å². The van der Waals surface area contributed by atoms with Gasteiger partial charge in [-0.25, -0.2) is 14.0 Å². The van der Waals surface area contributed by atoms with E-state index in [9.17, 15) is 18.8 Å². The maximum Gasteiger partial charge on any atom is 0.408 e. The quantitative estimate of drug-likeness (QED) is 0.335. The highest BCUT2D eigenvalue weighted by atomic mass is 19.1. The minimum Gasteiger partial charge on any atom is -0.459 e. The van der Waals surface area contributed by atoms with Crippen molar-refractivity contribution in [2.24, 2.45) is 0 Å². The summed E-state index contributed by atoms with van der Waals surface area (Å²) in [5, 5.41) is 5.01. The Balaban J connectivity index is 1.66. The van der Waals surface area contributed by atoms with E-state index in [1.165, 1.54) is 12.1 Å². The second-order valence-electron chi connectivity index (χ2n) is 8.43. The average Bonchev–Trinajstić information content (AvgIpc) is 2.93. The number of halogens is 1. The third-order valence-corrected chi connectivity index (χ3v) is 5.55. The van der Waals surface area contributed by atoms with E-state index in [2.05, 4.69) is 10.6 Å². The Kier molecular flexibility index (Phi) is 10.8. The number of alkyl carbamates (subject to hydrolysis) is 1. The number of amides is 2. The van der Waals surface area contributed by atoms with Crippen molar-refractivity contribution >= 4 is 18.0 Å². The third-order valence-electron chi connectivity index (χ3n) is 5.55. The van der Waals surface area contributed by atoms with Crippen LogP contribution in [0, 0.1) is 5.82 Å². The summed E-state index contributed by atoms with van der Waals surface area (Å²) in [7, 11) is 0. The molecule has 0 aliphatic rings. The van der Waals surface area contributed by atoms with E-state index < -0.39 is 35.9 Å². The average molecular weight is 523 g/mol. The first kappa shape index (κ1) is 28.3. The number of nitrogens with one attached hydrogen (secondary N) is 2. The molecule has 0 aliphatic heterocycles. The molecule has 9 heteroatoms. The first-order chi connectivity index (χ1) is 18.4. The maximum absolute atomic E-state index is 14.2. The van der Waals surface area contributed by atoms with Gasteiger partial charge in [0, 0.05) is 18.7 Å². The molecule has 0 heterocycles. The summed E-state index contributed by atoms with van der Waals surface area (Å²) in [6.07, 6.45) is -1.27. The Morgan fingerprint density at radius 1 is 0.868 bits per heavy atom. The molecule has 0 aliphatic carbocycles. The lowest BCUT2D eigenvalue weighted by Crippen LogP contribution is -2.49. The Bertz CT molecular complexity index is 1210. The van der Waals surface area contributed by atoms with Crippen LogP contribution in [0.15, 0.2) is 78.9 Å². The summed E-state index contributed by atoms with van der Waals surface area (Å²) in [6, 6.07) is 20.7. The van der Waals surface area contributed by atoms with Crippen molar-refractivity contribution in [1.29, 1.82) is 0 Å². The number of carbonyl (C=O) groups excluding carboxylic acids is 3. The van der Waals surface area contributed by atoms with Crippen molar-refractivity contribution in [3.05, 3.63) is 107 Å². The molecule has 0 spiro atoms. The Labute approximate surface area is 221 Å². The van der Waals surface area contributed by atoms with E-state index in [1.807, 2.05) is 31.2 Å². The van der Waals surface area contributed by atoms with Crippen molar-refractivity contribution in [1.82, 2.24) is 10.6 Å². The fourth-order valence-electron chi connectivity index (χ4n) is 3.55. The van der Waals surface area contributed by atoms with E-state index in [4.69, 9.17) is 14.2 Å². The molecule has 0 saturated heterocycles. The standard InChI is InChI=1S/C29H31FN2O6/c1-3-36-20(2)23-14-24(16-25(30)15-23)27(33)31-17-26(28(34)37-18-21-10-6-4-7-11-21)32-29(35)38-19-22-12-8-5-9-13-22/h4-16,20,26H,3,17-19H2,1-2H3,(H,31,33)(H,32,35)/t20-,26-/m1/s1. The van der Waals surface area contributed by atoms with Gasteiger partial charge in [-0.2, -0.15) is 0 Å². The van der Waals surface area contributed by atoms with Crippen LogP contribution < -0.4 is 10.6 Å². The van der Waals surface area contributed by atoms with Crippen molar-refractivity contribution in [3.63, 3.8) is 0 Å². The number of carbonyl (C=O) groups is 3. The predicted octanol–water partition coefficient (Wildman–Crippen LogP) is 4.69. The van der Waals surface area contributed by atoms with Gasteiger partial charge in [-0.1, -0.05) is 60.7 Å². The first-order valence-corrected chi connectivity index (χ1v) is 12.2. The minimum absolute atomic E-state index is 0.00506. The molecule has 2 N–H and O–H groups in total. The zero-order valence-corrected chi connectivity index (χ0v) is 21.3. The molecule has 200 valence electrons. The predicted molar refractivity (Wildman–Crippen MR) is 139 cm³/mol. The second-order valence-corrected chi connectivity index (χ2v) is 8.43. The number of benzene rings is 3. The van der Waals surface area contributed by atoms with Gasteiger partial charge in [-0.3, -0.25) is 4.79 Å². The minimum atomic E-state index is -1.25. The van der Waals surface area contributed by atoms with E-state index in [0.29, 0.717) is 12.2 Å². The van der Waals surface area contributed by atoms with Crippen LogP contribution in [-0.2, 0) is 32.2 Å². The molecule has 38 heavy (non-hydrogen) atoms. The summed E-state index contributed by atoms with van der Waals surface area (Å²) in [6.45, 7) is 3.67. The van der Waals surface area contributed by atoms with Gasteiger partial charge in [0.05, 0.1) is 6.10 Å². The van der Waals surface area contributed by atoms with Gasteiger partial charge >= 0.3 is 12.1 Å². The monoisotopic (exact) mass is 522 g/mol. The van der Waals surface area contributed by atoms with Crippen LogP contribution in [-0.4, -0.2) is 37.2 Å². The van der Waals surface area contributed by atoms with E-state index in [-0.39, 0.29) is 25.3 Å². The molecule has 0 fully saturated rings. The number of esters is 1. The topological polar surface area (TPSA) is 103 Å². The summed E-state index contributed by atoms with van der Waals surface area (Å²) in [5.41, 5.74) is 2.07. The van der Waals surface area contributed by atoms with E-state index in [1.54, 1.807) is 43.3 Å². The Morgan fingerprint density at radius 3 is 2.08 bits per heavy atom. The fourth-order valence-corrected chi connectivity index (χ4v) is 3.55. The van der Waals surface area contributed by atoms with Gasteiger partial charge in [0.2, 0.25) is 0 Å². The fraction of sp³-hybridized carbons (Fsp3) is 0.276. The molecule has 2 atom stereocenters. The number of ether oxygens (including phenoxy) is 3. The lowest BCUT2D eigenvalue weighted by molar-refractivity contribution is -0.147. The molecule has 0 aromatic heterocycles. The summed E-state index contributed by atoms with van der Waals surface area (Å²) in [5.74, 6) is -1.99. The van der Waals surface area contributed by atoms with Crippen molar-refractivity contribution < 1.29 is 33.0 Å². The molecular weight excluding hydrogens is 491 g/mol. The van der Waals surface area contributed by atoms with Gasteiger partial charge in [0.15, 0.2) is 0 Å². The van der Waals surface area contributed by atoms with Gasteiger partial charge in [0.25, 0.3) is 5.91 Å². The number of hydrogen-bond acceptors (Lipinski definition) is 6. The lowest BCUT2D eigenvalue weighted by Gasteiger charge is -2.19. The van der Waals surface area contributed by atoms with Crippen LogP contribution in [0.25, 0.3) is 0 Å². The molecule has 0 radical (unpaired) electrons. The summed E-state index contributed by atoms with van der Waals surface area (Å²) >= 11 is 0. The Morgan fingerprint density at radius 2 is 1.47 bits per heavy atom. The molecule has 3 aromatic rings. The molecule has 0 bridgehead atoms. The largest absolute Gasteiger partial charge is 0.459 e. The maximum atomic E-state index is 14.2. The third kappa shape index (κ3) is 9.01. The normalized spacial score (nSPS) is 12.2. The molecule has 3 aromatic carbocycles. The van der Waals surface area contributed by atoms with Crippen LogP contribution in [0.4, 0.5) is 9.18 Å². The van der Waals surface area contributed by atoms with Crippen molar-refractivity contribution in [3.8, 4) is 0 Å².